The predicted molar refractivity (Wildman–Crippen MR) is 85.8 cm³/mol. The number of rotatable bonds is 3. The van der Waals surface area contributed by atoms with E-state index in [2.05, 4.69) is 15.3 Å². The minimum Gasteiger partial charge on any atom is -0.494 e. The number of aromatic nitrogens is 2. The summed E-state index contributed by atoms with van der Waals surface area (Å²) in [5.74, 6) is 1.92. The fraction of sp³-hybridized carbons (Fsp3) is 0.0667. The topological polar surface area (TPSA) is 47.0 Å². The van der Waals surface area contributed by atoms with Gasteiger partial charge in [0.05, 0.1) is 12.1 Å². The summed E-state index contributed by atoms with van der Waals surface area (Å²) in [6.07, 6.45) is 1.63. The molecule has 2 heterocycles. The zero-order valence-electron chi connectivity index (χ0n) is 11.1. The van der Waals surface area contributed by atoms with Crippen LogP contribution >= 0.6 is 23.2 Å². The van der Waals surface area contributed by atoms with Crippen LogP contribution < -0.4 is 10.1 Å². The zero-order chi connectivity index (χ0) is 14.8. The number of hydrogen-bond acceptors (Lipinski definition) is 4. The number of hydrogen-bond donors (Lipinski definition) is 1. The average molecular weight is 320 g/mol. The Hall–Kier alpha value is -2.04. The highest BCUT2D eigenvalue weighted by Crippen LogP contribution is 2.31. The number of fused-ring (bicyclic) bond motifs is 1. The quantitative estimate of drug-likeness (QED) is 0.760. The van der Waals surface area contributed by atoms with E-state index in [1.807, 2.05) is 12.1 Å². The number of nitrogens with zero attached hydrogens (tertiary/aromatic N) is 2. The molecule has 0 radical (unpaired) electrons. The molecule has 0 saturated carbocycles. The summed E-state index contributed by atoms with van der Waals surface area (Å²) in [4.78, 5) is 8.71. The SMILES string of the molecule is COc1ccc(Cl)c2ccc(Nc3cc(Cl)ccn3)nc12. The van der Waals surface area contributed by atoms with Gasteiger partial charge < -0.3 is 10.1 Å². The van der Waals surface area contributed by atoms with Crippen LogP contribution in [0.5, 0.6) is 5.75 Å². The maximum Gasteiger partial charge on any atom is 0.145 e. The second-order valence-corrected chi connectivity index (χ2v) is 5.17. The average Bonchev–Trinajstić information content (AvgIpc) is 2.48. The number of nitrogens with one attached hydrogen (secondary N) is 1. The molecule has 0 spiro atoms. The fourth-order valence-electron chi connectivity index (χ4n) is 2.00. The summed E-state index contributed by atoms with van der Waals surface area (Å²) in [5.41, 5.74) is 0.692. The summed E-state index contributed by atoms with van der Waals surface area (Å²) in [5, 5.41) is 5.17. The van der Waals surface area contributed by atoms with E-state index in [1.54, 1.807) is 37.6 Å². The Labute approximate surface area is 131 Å². The van der Waals surface area contributed by atoms with Crippen LogP contribution in [0.2, 0.25) is 10.0 Å². The Bertz CT molecular complexity index is 808. The van der Waals surface area contributed by atoms with E-state index in [0.717, 1.165) is 5.39 Å². The second-order valence-electron chi connectivity index (χ2n) is 4.33. The van der Waals surface area contributed by atoms with Gasteiger partial charge in [-0.25, -0.2) is 9.97 Å². The van der Waals surface area contributed by atoms with E-state index >= 15 is 0 Å². The van der Waals surface area contributed by atoms with Gasteiger partial charge in [0.15, 0.2) is 0 Å². The van der Waals surface area contributed by atoms with Gasteiger partial charge in [-0.15, -0.1) is 0 Å². The third kappa shape index (κ3) is 2.86. The molecule has 3 rings (SSSR count). The molecule has 1 N–H and O–H groups in total. The highest BCUT2D eigenvalue weighted by Gasteiger charge is 2.08. The number of pyridine rings is 2. The van der Waals surface area contributed by atoms with Crippen molar-refractivity contribution in [1.82, 2.24) is 9.97 Å². The zero-order valence-corrected chi connectivity index (χ0v) is 12.6. The van der Waals surface area contributed by atoms with Gasteiger partial charge in [-0.1, -0.05) is 23.2 Å². The summed E-state index contributed by atoms with van der Waals surface area (Å²) >= 11 is 12.1. The first kappa shape index (κ1) is 13.9. The summed E-state index contributed by atoms with van der Waals surface area (Å²) in [7, 11) is 1.60. The largest absolute Gasteiger partial charge is 0.494 e. The van der Waals surface area contributed by atoms with E-state index in [-0.39, 0.29) is 0 Å². The molecule has 0 fully saturated rings. The van der Waals surface area contributed by atoms with E-state index in [1.165, 1.54) is 0 Å². The van der Waals surface area contributed by atoms with E-state index in [4.69, 9.17) is 27.9 Å². The van der Waals surface area contributed by atoms with Crippen LogP contribution in [0, 0.1) is 0 Å². The van der Waals surface area contributed by atoms with Gasteiger partial charge in [-0.05, 0) is 36.4 Å². The van der Waals surface area contributed by atoms with Gasteiger partial charge in [0, 0.05) is 16.6 Å². The van der Waals surface area contributed by atoms with Gasteiger partial charge in [-0.3, -0.25) is 0 Å². The Morgan fingerprint density at radius 2 is 1.90 bits per heavy atom. The van der Waals surface area contributed by atoms with Crippen molar-refractivity contribution in [2.24, 2.45) is 0 Å². The van der Waals surface area contributed by atoms with E-state index < -0.39 is 0 Å². The molecule has 0 atom stereocenters. The van der Waals surface area contributed by atoms with Gasteiger partial charge >= 0.3 is 0 Å². The maximum absolute atomic E-state index is 6.17. The van der Waals surface area contributed by atoms with Crippen molar-refractivity contribution in [2.75, 3.05) is 12.4 Å². The van der Waals surface area contributed by atoms with E-state index in [0.29, 0.717) is 32.9 Å². The molecule has 1 aromatic carbocycles. The third-order valence-electron chi connectivity index (χ3n) is 2.97. The smallest absolute Gasteiger partial charge is 0.145 e. The second kappa shape index (κ2) is 5.76. The Kier molecular flexibility index (Phi) is 3.82. The highest BCUT2D eigenvalue weighted by molar-refractivity contribution is 6.35. The minimum atomic E-state index is 0.605. The summed E-state index contributed by atoms with van der Waals surface area (Å²) in [6, 6.07) is 10.7. The molecular formula is C15H11Cl2N3O. The number of anilines is 2. The number of halogens is 2. The molecule has 3 aromatic rings. The molecule has 0 unspecified atom stereocenters. The monoisotopic (exact) mass is 319 g/mol. The lowest BCUT2D eigenvalue weighted by atomic mass is 10.2. The first-order valence-corrected chi connectivity index (χ1v) is 6.95. The first-order chi connectivity index (χ1) is 10.2. The van der Waals surface area contributed by atoms with Crippen LogP contribution in [0.4, 0.5) is 11.6 Å². The Balaban J connectivity index is 2.04. The molecule has 0 aliphatic carbocycles. The summed E-state index contributed by atoms with van der Waals surface area (Å²) < 4.78 is 5.32. The first-order valence-electron chi connectivity index (χ1n) is 6.19. The number of benzene rings is 1. The minimum absolute atomic E-state index is 0.605. The number of ether oxygens (including phenoxy) is 1. The molecule has 0 bridgehead atoms. The molecule has 6 heteroatoms. The lowest BCUT2D eigenvalue weighted by Gasteiger charge is -2.09. The van der Waals surface area contributed by atoms with Crippen LogP contribution in [0.25, 0.3) is 10.9 Å². The third-order valence-corrected chi connectivity index (χ3v) is 3.53. The van der Waals surface area contributed by atoms with Crippen molar-refractivity contribution in [1.29, 1.82) is 0 Å². The van der Waals surface area contributed by atoms with Crippen LogP contribution in [-0.4, -0.2) is 17.1 Å². The van der Waals surface area contributed by atoms with Crippen molar-refractivity contribution >= 4 is 45.7 Å². The van der Waals surface area contributed by atoms with Gasteiger partial charge in [-0.2, -0.15) is 0 Å². The summed E-state index contributed by atoms with van der Waals surface area (Å²) in [6.45, 7) is 0. The van der Waals surface area contributed by atoms with Crippen molar-refractivity contribution in [3.05, 3.63) is 52.6 Å². The molecule has 21 heavy (non-hydrogen) atoms. The van der Waals surface area contributed by atoms with Crippen molar-refractivity contribution in [2.45, 2.75) is 0 Å². The van der Waals surface area contributed by atoms with Crippen LogP contribution in [0.15, 0.2) is 42.6 Å². The molecule has 4 nitrogen and oxygen atoms in total. The van der Waals surface area contributed by atoms with Crippen molar-refractivity contribution in [3.63, 3.8) is 0 Å². The molecule has 2 aromatic heterocycles. The molecule has 106 valence electrons. The Morgan fingerprint density at radius 3 is 2.67 bits per heavy atom. The van der Waals surface area contributed by atoms with Crippen molar-refractivity contribution in [3.8, 4) is 5.75 Å². The highest BCUT2D eigenvalue weighted by atomic mass is 35.5. The molecule has 0 aliphatic rings. The normalized spacial score (nSPS) is 10.6. The molecular weight excluding hydrogens is 309 g/mol. The van der Waals surface area contributed by atoms with Gasteiger partial charge in [0.2, 0.25) is 0 Å². The van der Waals surface area contributed by atoms with Crippen LogP contribution in [-0.2, 0) is 0 Å². The lowest BCUT2D eigenvalue weighted by Crippen LogP contribution is -1.97. The van der Waals surface area contributed by atoms with Crippen LogP contribution in [0.1, 0.15) is 0 Å². The Morgan fingerprint density at radius 1 is 1.05 bits per heavy atom. The van der Waals surface area contributed by atoms with E-state index in [9.17, 15) is 0 Å². The standard InChI is InChI=1S/C15H11Cl2N3O/c1-21-12-4-3-11(17)10-2-5-13(20-15(10)12)19-14-8-9(16)6-7-18-14/h2-8H,1H3,(H,18,19,20). The molecule has 0 aliphatic heterocycles. The number of methoxy groups -OCH3 is 1. The maximum atomic E-state index is 6.17. The van der Waals surface area contributed by atoms with Gasteiger partial charge in [0.25, 0.3) is 0 Å². The lowest BCUT2D eigenvalue weighted by molar-refractivity contribution is 0.419. The van der Waals surface area contributed by atoms with Crippen molar-refractivity contribution < 1.29 is 4.74 Å². The molecule has 0 saturated heterocycles. The fourth-order valence-corrected chi connectivity index (χ4v) is 2.37. The predicted octanol–water partition coefficient (Wildman–Crippen LogP) is 4.69. The molecule has 0 amide bonds. The van der Waals surface area contributed by atoms with Gasteiger partial charge in [0.1, 0.15) is 22.9 Å². The van der Waals surface area contributed by atoms with Crippen LogP contribution in [0.3, 0.4) is 0 Å².